The van der Waals surface area contributed by atoms with E-state index >= 15 is 0 Å². The van der Waals surface area contributed by atoms with Gasteiger partial charge in [-0.15, -0.1) is 0 Å². The van der Waals surface area contributed by atoms with Gasteiger partial charge in [-0.05, 0) is 68.3 Å². The predicted molar refractivity (Wildman–Crippen MR) is 118 cm³/mol. The molecule has 0 aromatic heterocycles. The second-order valence-electron chi connectivity index (χ2n) is 11.5. The van der Waals surface area contributed by atoms with Crippen molar-refractivity contribution in [3.8, 4) is 0 Å². The summed E-state index contributed by atoms with van der Waals surface area (Å²) in [6.45, 7) is 12.2. The molecule has 5 fully saturated rings. The topological polar surface area (TPSA) is 55.6 Å². The predicted octanol–water partition coefficient (Wildman–Crippen LogP) is 4.14. The third-order valence-electron chi connectivity index (χ3n) is 9.91. The summed E-state index contributed by atoms with van der Waals surface area (Å²) in [5, 5.41) is 0. The fraction of sp³-hybridized carbons (Fsp3) is 0.808. The second-order valence-corrected chi connectivity index (χ2v) is 11.5. The molecule has 5 heteroatoms. The fourth-order valence-electron chi connectivity index (χ4n) is 9.01. The first kappa shape index (κ1) is 21.2. The molecule has 1 heterocycles. The molecule has 6 rings (SSSR count). The quantitative estimate of drug-likeness (QED) is 0.384. The summed E-state index contributed by atoms with van der Waals surface area (Å²) >= 11 is 0. The first-order valence-electron chi connectivity index (χ1n) is 12.3. The van der Waals surface area contributed by atoms with E-state index < -0.39 is 0 Å². The first-order chi connectivity index (χ1) is 14.7. The zero-order chi connectivity index (χ0) is 22.0. The van der Waals surface area contributed by atoms with E-state index in [0.717, 1.165) is 25.9 Å². The average molecular weight is 429 g/mol. The highest BCUT2D eigenvalue weighted by Crippen LogP contribution is 2.72. The van der Waals surface area contributed by atoms with Crippen LogP contribution in [0.3, 0.4) is 0 Å². The van der Waals surface area contributed by atoms with Crippen LogP contribution in [0.1, 0.15) is 72.1 Å². The lowest BCUT2D eigenvalue weighted by Gasteiger charge is -2.69. The number of hydrogen-bond acceptors (Lipinski definition) is 4. The minimum atomic E-state index is -0.205. The van der Waals surface area contributed by atoms with Crippen molar-refractivity contribution in [1.29, 1.82) is 0 Å². The number of esters is 2. The van der Waals surface area contributed by atoms with Gasteiger partial charge >= 0.3 is 11.9 Å². The molecule has 0 amide bonds. The number of fused-ring (bicyclic) bond motifs is 2. The monoisotopic (exact) mass is 428 g/mol. The van der Waals surface area contributed by atoms with E-state index in [2.05, 4.69) is 24.3 Å². The van der Waals surface area contributed by atoms with Crippen LogP contribution in [0.15, 0.2) is 12.2 Å². The molecule has 1 aliphatic heterocycles. The lowest BCUT2D eigenvalue weighted by molar-refractivity contribution is -0.559. The Bertz CT molecular complexity index is 848. The number of carbonyl (C=O) groups excluding carboxylic acids is 2. The van der Waals surface area contributed by atoms with Gasteiger partial charge < -0.3 is 9.47 Å². The van der Waals surface area contributed by atoms with E-state index in [4.69, 9.17) is 9.47 Å². The summed E-state index contributed by atoms with van der Waals surface area (Å²) in [7, 11) is 0. The third-order valence-corrected chi connectivity index (χ3v) is 9.91. The van der Waals surface area contributed by atoms with Crippen molar-refractivity contribution in [2.45, 2.75) is 78.2 Å². The molecule has 5 aliphatic carbocycles. The highest BCUT2D eigenvalue weighted by molar-refractivity contribution is 5.68. The smallest absolute Gasteiger partial charge is 0.303 e. The van der Waals surface area contributed by atoms with Crippen LogP contribution in [0.25, 0.3) is 0 Å². The zero-order valence-electron chi connectivity index (χ0n) is 19.5. The van der Waals surface area contributed by atoms with Crippen molar-refractivity contribution in [3.05, 3.63) is 12.2 Å². The van der Waals surface area contributed by atoms with E-state index in [1.807, 2.05) is 0 Å². The van der Waals surface area contributed by atoms with Crippen molar-refractivity contribution >= 4 is 18.2 Å². The number of carbonyl (C=O) groups is 2. The maximum Gasteiger partial charge on any atom is 0.303 e. The van der Waals surface area contributed by atoms with Crippen LogP contribution < -0.4 is 0 Å². The molecular formula is C26H38NO4+. The maximum absolute atomic E-state index is 12.1. The molecule has 0 aromatic rings. The van der Waals surface area contributed by atoms with Crippen molar-refractivity contribution in [3.63, 3.8) is 0 Å². The van der Waals surface area contributed by atoms with Crippen LogP contribution >= 0.6 is 0 Å². The Morgan fingerprint density at radius 1 is 1.13 bits per heavy atom. The molecular weight excluding hydrogens is 390 g/mol. The van der Waals surface area contributed by atoms with Gasteiger partial charge in [0.05, 0.1) is 5.41 Å². The van der Waals surface area contributed by atoms with Gasteiger partial charge in [-0.25, -0.2) is 4.58 Å². The van der Waals surface area contributed by atoms with Gasteiger partial charge in [0.1, 0.15) is 25.5 Å². The molecule has 0 radical (unpaired) electrons. The SMILES string of the molecule is C=C1C2CCC3(CCC4C5(C)CCCC4(C=[N+](CCOC(C)=O)C5)C3C2)C1OC(C)=O. The Hall–Kier alpha value is -1.65. The molecule has 6 aliphatic rings. The summed E-state index contributed by atoms with van der Waals surface area (Å²) < 4.78 is 13.8. The lowest BCUT2D eigenvalue weighted by Crippen LogP contribution is -2.69. The van der Waals surface area contributed by atoms with Crippen molar-refractivity contribution in [2.75, 3.05) is 19.7 Å². The van der Waals surface area contributed by atoms with Crippen molar-refractivity contribution in [2.24, 2.45) is 34.0 Å². The van der Waals surface area contributed by atoms with Crippen molar-refractivity contribution in [1.82, 2.24) is 0 Å². The van der Waals surface area contributed by atoms with Gasteiger partial charge in [0.25, 0.3) is 0 Å². The van der Waals surface area contributed by atoms with Gasteiger partial charge in [-0.1, -0.05) is 19.9 Å². The molecule has 5 nitrogen and oxygen atoms in total. The average Bonchev–Trinajstić information content (AvgIpc) is 2.69. The van der Waals surface area contributed by atoms with Crippen LogP contribution in [-0.2, 0) is 19.1 Å². The molecule has 7 unspecified atom stereocenters. The second kappa shape index (κ2) is 7.18. The molecule has 0 aromatic carbocycles. The van der Waals surface area contributed by atoms with E-state index in [1.165, 1.54) is 51.0 Å². The number of ether oxygens (including phenoxy) is 2. The summed E-state index contributed by atoms with van der Waals surface area (Å²) in [4.78, 5) is 23.4. The first-order valence-corrected chi connectivity index (χ1v) is 12.3. The standard InChI is InChI=1S/C26H38NO4/c1-17-20-6-10-25(23(17)31-19(3)29)11-7-21-24(4)8-5-9-26(21,22(25)14-20)16-27(15-24)12-13-30-18(2)28/h16,20-23H,1,5-15H2,2-4H3/q+1. The number of rotatable bonds is 4. The highest BCUT2D eigenvalue weighted by Gasteiger charge is 2.71. The van der Waals surface area contributed by atoms with Gasteiger partial charge in [0.15, 0.2) is 6.54 Å². The molecule has 5 saturated carbocycles. The maximum atomic E-state index is 12.1. The molecule has 0 saturated heterocycles. The summed E-state index contributed by atoms with van der Waals surface area (Å²) in [5.41, 5.74) is 1.68. The molecule has 1 spiro atoms. The van der Waals surface area contributed by atoms with Crippen LogP contribution in [0.4, 0.5) is 0 Å². The van der Waals surface area contributed by atoms with E-state index in [9.17, 15) is 9.59 Å². The number of nitrogens with zero attached hydrogens (tertiary/aromatic N) is 1. The van der Waals surface area contributed by atoms with Crippen LogP contribution in [0, 0.1) is 34.0 Å². The normalized spacial score (nSPS) is 45.3. The minimum Gasteiger partial charge on any atom is -0.459 e. The highest BCUT2D eigenvalue weighted by atomic mass is 16.5. The summed E-state index contributed by atoms with van der Waals surface area (Å²) in [6, 6.07) is 0. The fourth-order valence-corrected chi connectivity index (χ4v) is 9.01. The molecule has 170 valence electrons. The zero-order valence-corrected chi connectivity index (χ0v) is 19.5. The van der Waals surface area contributed by atoms with Gasteiger partial charge in [-0.3, -0.25) is 9.59 Å². The Morgan fingerprint density at radius 3 is 2.65 bits per heavy atom. The molecule has 7 atom stereocenters. The van der Waals surface area contributed by atoms with E-state index in [-0.39, 0.29) is 28.9 Å². The van der Waals surface area contributed by atoms with Gasteiger partial charge in [0, 0.05) is 24.7 Å². The lowest BCUT2D eigenvalue weighted by atomic mass is 9.35. The summed E-state index contributed by atoms with van der Waals surface area (Å²) in [6.07, 6.45) is 12.2. The summed E-state index contributed by atoms with van der Waals surface area (Å²) in [5.74, 6) is 1.34. The Morgan fingerprint density at radius 2 is 1.90 bits per heavy atom. The van der Waals surface area contributed by atoms with Crippen molar-refractivity contribution < 1.29 is 23.6 Å². The van der Waals surface area contributed by atoms with Crippen LogP contribution in [-0.4, -0.2) is 48.5 Å². The molecule has 31 heavy (non-hydrogen) atoms. The third kappa shape index (κ3) is 3.05. The Balaban J connectivity index is 1.55. The molecule has 0 N–H and O–H groups in total. The van der Waals surface area contributed by atoms with E-state index in [0.29, 0.717) is 29.8 Å². The van der Waals surface area contributed by atoms with Crippen LogP contribution in [0.2, 0.25) is 0 Å². The minimum absolute atomic E-state index is 0.0433. The van der Waals surface area contributed by atoms with Gasteiger partial charge in [0.2, 0.25) is 0 Å². The Kier molecular flexibility index (Phi) is 4.91. The number of hydrogen-bond donors (Lipinski definition) is 0. The Labute approximate surface area is 186 Å². The largest absolute Gasteiger partial charge is 0.459 e. The van der Waals surface area contributed by atoms with Gasteiger partial charge in [-0.2, -0.15) is 0 Å². The molecule has 4 bridgehead atoms. The van der Waals surface area contributed by atoms with E-state index in [1.54, 1.807) is 6.92 Å². The van der Waals surface area contributed by atoms with Crippen LogP contribution in [0.5, 0.6) is 0 Å².